The summed E-state index contributed by atoms with van der Waals surface area (Å²) in [4.78, 5) is 12.0. The van der Waals surface area contributed by atoms with Gasteiger partial charge in [-0.15, -0.1) is 0 Å². The summed E-state index contributed by atoms with van der Waals surface area (Å²) in [6.07, 6.45) is 2.59. The van der Waals surface area contributed by atoms with Crippen LogP contribution < -0.4 is 11.1 Å². The quantitative estimate of drug-likeness (QED) is 0.835. The molecule has 116 valence electrons. The van der Waals surface area contributed by atoms with Crippen LogP contribution >= 0.6 is 0 Å². The molecule has 1 aliphatic heterocycles. The lowest BCUT2D eigenvalue weighted by molar-refractivity contribution is -0.123. The molecule has 1 amide bonds. The number of nitrogens with one attached hydrogen (secondary N) is 1. The van der Waals surface area contributed by atoms with E-state index >= 15 is 0 Å². The molecule has 1 heterocycles. The van der Waals surface area contributed by atoms with Gasteiger partial charge in [-0.25, -0.2) is 8.42 Å². The van der Waals surface area contributed by atoms with Crippen molar-refractivity contribution in [2.24, 2.45) is 5.73 Å². The monoisotopic (exact) mass is 310 g/mol. The summed E-state index contributed by atoms with van der Waals surface area (Å²) in [5.74, 6) is -0.00290. The van der Waals surface area contributed by atoms with Crippen LogP contribution in [0.25, 0.3) is 0 Å². The average Bonchev–Trinajstić information content (AvgIpc) is 2.44. The van der Waals surface area contributed by atoms with E-state index in [9.17, 15) is 13.2 Å². The molecule has 6 heteroatoms. The first kappa shape index (κ1) is 16.0. The molecule has 3 N–H and O–H groups in total. The molecular weight excluding hydrogens is 288 g/mol. The molecule has 0 aromatic heterocycles. The van der Waals surface area contributed by atoms with E-state index in [4.69, 9.17) is 5.73 Å². The summed E-state index contributed by atoms with van der Waals surface area (Å²) in [6.45, 7) is 0. The number of sulfone groups is 1. The maximum atomic E-state index is 12.0. The van der Waals surface area contributed by atoms with Crippen molar-refractivity contribution in [2.75, 3.05) is 11.5 Å². The Labute approximate surface area is 125 Å². The Morgan fingerprint density at radius 1 is 1.33 bits per heavy atom. The highest BCUT2D eigenvalue weighted by Gasteiger charge is 2.27. The zero-order chi connectivity index (χ0) is 15.3. The molecule has 1 aromatic carbocycles. The topological polar surface area (TPSA) is 89.3 Å². The number of aryl methyl sites for hydroxylation is 1. The van der Waals surface area contributed by atoms with Gasteiger partial charge in [-0.1, -0.05) is 30.3 Å². The van der Waals surface area contributed by atoms with E-state index in [1.54, 1.807) is 0 Å². The molecule has 0 saturated carbocycles. The Balaban J connectivity index is 1.80. The van der Waals surface area contributed by atoms with E-state index in [2.05, 4.69) is 5.32 Å². The average molecular weight is 310 g/mol. The van der Waals surface area contributed by atoms with Crippen LogP contribution in [0.15, 0.2) is 30.3 Å². The summed E-state index contributed by atoms with van der Waals surface area (Å²) in [6, 6.07) is 8.95. The van der Waals surface area contributed by atoms with Gasteiger partial charge in [0, 0.05) is 6.04 Å². The third kappa shape index (κ3) is 5.13. The zero-order valence-corrected chi connectivity index (χ0v) is 12.8. The van der Waals surface area contributed by atoms with Gasteiger partial charge < -0.3 is 11.1 Å². The van der Waals surface area contributed by atoms with E-state index in [1.807, 2.05) is 30.3 Å². The summed E-state index contributed by atoms with van der Waals surface area (Å²) in [5, 5.41) is 2.77. The fourth-order valence-corrected chi connectivity index (χ4v) is 4.18. The highest BCUT2D eigenvalue weighted by atomic mass is 32.2. The number of amides is 1. The van der Waals surface area contributed by atoms with Crippen LogP contribution in [0.3, 0.4) is 0 Å². The minimum atomic E-state index is -3.01. The first-order valence-corrected chi connectivity index (χ1v) is 9.09. The lowest BCUT2D eigenvalue weighted by atomic mass is 10.0. The van der Waals surface area contributed by atoms with Crippen LogP contribution in [-0.2, 0) is 21.1 Å². The fraction of sp³-hybridized carbons (Fsp3) is 0.533. The van der Waals surface area contributed by atoms with Gasteiger partial charge in [-0.05, 0) is 31.2 Å². The van der Waals surface area contributed by atoms with Gasteiger partial charge in [-0.2, -0.15) is 0 Å². The van der Waals surface area contributed by atoms with Crippen molar-refractivity contribution < 1.29 is 13.2 Å². The van der Waals surface area contributed by atoms with Gasteiger partial charge in [0.2, 0.25) is 5.91 Å². The number of carbonyl (C=O) groups excluding carboxylic acids is 1. The van der Waals surface area contributed by atoms with Gasteiger partial charge in [0.25, 0.3) is 0 Å². The van der Waals surface area contributed by atoms with Crippen LogP contribution in [0.5, 0.6) is 0 Å². The van der Waals surface area contributed by atoms with E-state index in [0.717, 1.165) is 12.0 Å². The molecule has 1 fully saturated rings. The Bertz CT molecular complexity index is 572. The molecule has 2 atom stereocenters. The number of benzene rings is 1. The normalized spacial score (nSPS) is 22.4. The molecule has 1 saturated heterocycles. The summed E-state index contributed by atoms with van der Waals surface area (Å²) in [7, 11) is -3.01. The first-order chi connectivity index (χ1) is 9.96. The predicted molar refractivity (Wildman–Crippen MR) is 82.6 cm³/mol. The second kappa shape index (κ2) is 7.04. The van der Waals surface area contributed by atoms with Crippen molar-refractivity contribution in [3.05, 3.63) is 35.9 Å². The predicted octanol–water partition coefficient (Wildman–Crippen LogP) is 0.640. The summed E-state index contributed by atoms with van der Waals surface area (Å²) >= 11 is 0. The molecule has 0 spiro atoms. The summed E-state index contributed by atoms with van der Waals surface area (Å²) < 4.78 is 23.1. The second-order valence-electron chi connectivity index (χ2n) is 5.59. The van der Waals surface area contributed by atoms with Crippen molar-refractivity contribution in [3.63, 3.8) is 0 Å². The van der Waals surface area contributed by atoms with Crippen molar-refractivity contribution in [1.29, 1.82) is 0 Å². The highest BCUT2D eigenvalue weighted by molar-refractivity contribution is 7.91. The van der Waals surface area contributed by atoms with Crippen molar-refractivity contribution in [3.8, 4) is 0 Å². The lowest BCUT2D eigenvalue weighted by Crippen LogP contribution is -2.49. The number of carbonyl (C=O) groups is 1. The Kier molecular flexibility index (Phi) is 5.36. The number of hydrogen-bond donors (Lipinski definition) is 2. The van der Waals surface area contributed by atoms with Crippen LogP contribution in [0.2, 0.25) is 0 Å². The van der Waals surface area contributed by atoms with Crippen LogP contribution in [0.4, 0.5) is 0 Å². The molecule has 0 bridgehead atoms. The lowest BCUT2D eigenvalue weighted by Gasteiger charge is -2.24. The Morgan fingerprint density at radius 3 is 2.71 bits per heavy atom. The second-order valence-corrected chi connectivity index (χ2v) is 7.82. The first-order valence-electron chi connectivity index (χ1n) is 7.26. The Morgan fingerprint density at radius 2 is 2.05 bits per heavy atom. The summed E-state index contributed by atoms with van der Waals surface area (Å²) in [5.41, 5.74) is 7.03. The zero-order valence-electron chi connectivity index (χ0n) is 12.0. The maximum Gasteiger partial charge on any atom is 0.237 e. The van der Waals surface area contributed by atoms with Gasteiger partial charge in [0.15, 0.2) is 9.84 Å². The molecule has 2 rings (SSSR count). The van der Waals surface area contributed by atoms with Crippen LogP contribution in [-0.4, -0.2) is 37.9 Å². The SMILES string of the molecule is NC(CCc1ccccc1)C(=O)NC1CCCS(=O)(=O)C1. The highest BCUT2D eigenvalue weighted by Crippen LogP contribution is 2.12. The number of rotatable bonds is 5. The van der Waals surface area contributed by atoms with Crippen LogP contribution in [0, 0.1) is 0 Å². The molecular formula is C15H22N2O3S. The smallest absolute Gasteiger partial charge is 0.237 e. The van der Waals surface area contributed by atoms with E-state index in [0.29, 0.717) is 19.3 Å². The fourth-order valence-electron chi connectivity index (χ4n) is 2.54. The third-order valence-electron chi connectivity index (χ3n) is 3.73. The minimum absolute atomic E-state index is 0.0319. The molecule has 1 aromatic rings. The van der Waals surface area contributed by atoms with E-state index < -0.39 is 15.9 Å². The molecule has 0 aliphatic carbocycles. The van der Waals surface area contributed by atoms with Crippen molar-refractivity contribution in [2.45, 2.75) is 37.8 Å². The maximum absolute atomic E-state index is 12.0. The van der Waals surface area contributed by atoms with E-state index in [1.165, 1.54) is 0 Å². The Hall–Kier alpha value is -1.40. The molecule has 5 nitrogen and oxygen atoms in total. The standard InChI is InChI=1S/C15H22N2O3S/c16-14(9-8-12-5-2-1-3-6-12)15(18)17-13-7-4-10-21(19,20)11-13/h1-3,5-6,13-14H,4,7-11,16H2,(H,17,18). The van der Waals surface area contributed by atoms with Gasteiger partial charge >= 0.3 is 0 Å². The number of nitrogens with two attached hydrogens (primary N) is 1. The third-order valence-corrected chi connectivity index (χ3v) is 5.55. The molecule has 1 aliphatic rings. The van der Waals surface area contributed by atoms with Crippen molar-refractivity contribution in [1.82, 2.24) is 5.32 Å². The molecule has 21 heavy (non-hydrogen) atoms. The van der Waals surface area contributed by atoms with Crippen molar-refractivity contribution >= 4 is 15.7 Å². The largest absolute Gasteiger partial charge is 0.351 e. The van der Waals surface area contributed by atoms with Gasteiger partial charge in [0.1, 0.15) is 0 Å². The number of hydrogen-bond acceptors (Lipinski definition) is 4. The molecule has 0 radical (unpaired) electrons. The molecule has 2 unspecified atom stereocenters. The van der Waals surface area contributed by atoms with Crippen LogP contribution in [0.1, 0.15) is 24.8 Å². The van der Waals surface area contributed by atoms with E-state index in [-0.39, 0.29) is 23.5 Å². The minimum Gasteiger partial charge on any atom is -0.351 e. The van der Waals surface area contributed by atoms with Gasteiger partial charge in [0.05, 0.1) is 17.5 Å². The van der Waals surface area contributed by atoms with Gasteiger partial charge in [-0.3, -0.25) is 4.79 Å².